The van der Waals surface area contributed by atoms with Gasteiger partial charge in [-0.25, -0.2) is 9.37 Å². The molecule has 4 rings (SSSR count). The topological polar surface area (TPSA) is 70.9 Å². The molecule has 0 saturated carbocycles. The molecule has 26 heavy (non-hydrogen) atoms. The second-order valence-corrected chi connectivity index (χ2v) is 6.09. The monoisotopic (exact) mass is 349 g/mol. The number of nitrogens with one attached hydrogen (secondary N) is 2. The van der Waals surface area contributed by atoms with Crippen LogP contribution in [0.25, 0.3) is 22.2 Å². The van der Waals surface area contributed by atoms with E-state index in [-0.39, 0.29) is 18.1 Å². The number of anilines is 1. The lowest BCUT2D eigenvalue weighted by Gasteiger charge is -2.06. The Morgan fingerprint density at radius 2 is 2.04 bits per heavy atom. The van der Waals surface area contributed by atoms with Gasteiger partial charge in [-0.1, -0.05) is 0 Å². The van der Waals surface area contributed by atoms with Crippen LogP contribution in [0.4, 0.5) is 10.1 Å². The summed E-state index contributed by atoms with van der Waals surface area (Å²) in [4.78, 5) is 19.5. The number of fused-ring (bicyclic) bond motifs is 1. The van der Waals surface area contributed by atoms with Crippen molar-refractivity contribution in [2.24, 2.45) is 0 Å². The van der Waals surface area contributed by atoms with E-state index >= 15 is 0 Å². The Morgan fingerprint density at radius 1 is 1.23 bits per heavy atom. The van der Waals surface area contributed by atoms with Crippen molar-refractivity contribution in [1.29, 1.82) is 0 Å². The molecule has 2 aromatic carbocycles. The van der Waals surface area contributed by atoms with E-state index in [2.05, 4.69) is 15.3 Å². The molecule has 130 valence electrons. The molecule has 0 fully saturated rings. The van der Waals surface area contributed by atoms with Crippen LogP contribution >= 0.6 is 0 Å². The van der Waals surface area contributed by atoms with E-state index in [4.69, 9.17) is 4.42 Å². The van der Waals surface area contributed by atoms with E-state index in [1.807, 2.05) is 19.1 Å². The highest BCUT2D eigenvalue weighted by atomic mass is 19.1. The number of carbonyl (C=O) groups excluding carboxylic acids is 1. The number of rotatable bonds is 4. The second kappa shape index (κ2) is 6.48. The van der Waals surface area contributed by atoms with Crippen molar-refractivity contribution in [2.75, 3.05) is 5.32 Å². The average Bonchev–Trinajstić information content (AvgIpc) is 3.25. The Morgan fingerprint density at radius 3 is 2.77 bits per heavy atom. The molecule has 2 aromatic heterocycles. The van der Waals surface area contributed by atoms with Crippen LogP contribution in [-0.2, 0) is 11.2 Å². The predicted octanol–water partition coefficient (Wildman–Crippen LogP) is 4.45. The minimum atomic E-state index is -0.318. The highest BCUT2D eigenvalue weighted by Gasteiger charge is 2.13. The summed E-state index contributed by atoms with van der Waals surface area (Å²) < 4.78 is 18.8. The van der Waals surface area contributed by atoms with Gasteiger partial charge in [0.25, 0.3) is 0 Å². The molecule has 4 aromatic rings. The van der Waals surface area contributed by atoms with Crippen LogP contribution in [0.15, 0.2) is 59.5 Å². The second-order valence-electron chi connectivity index (χ2n) is 6.09. The van der Waals surface area contributed by atoms with E-state index in [0.717, 1.165) is 27.7 Å². The van der Waals surface area contributed by atoms with E-state index in [0.29, 0.717) is 11.4 Å². The number of aromatic amines is 1. The number of oxazole rings is 1. The van der Waals surface area contributed by atoms with Crippen molar-refractivity contribution >= 4 is 22.5 Å². The van der Waals surface area contributed by atoms with Gasteiger partial charge in [-0.15, -0.1) is 0 Å². The molecule has 2 heterocycles. The number of aryl methyl sites for hydroxylation is 1. The quantitative estimate of drug-likeness (QED) is 0.572. The van der Waals surface area contributed by atoms with E-state index < -0.39 is 0 Å². The lowest BCUT2D eigenvalue weighted by molar-refractivity contribution is -0.115. The third kappa shape index (κ3) is 3.09. The number of hydrogen-bond acceptors (Lipinski definition) is 3. The Hall–Kier alpha value is -3.41. The Bertz CT molecular complexity index is 1070. The van der Waals surface area contributed by atoms with Gasteiger partial charge in [-0.2, -0.15) is 0 Å². The molecule has 0 aliphatic heterocycles. The first kappa shape index (κ1) is 16.1. The molecule has 6 heteroatoms. The summed E-state index contributed by atoms with van der Waals surface area (Å²) in [5, 5.41) is 3.60. The van der Waals surface area contributed by atoms with E-state index in [9.17, 15) is 9.18 Å². The molecular formula is C20H16FN3O2. The lowest BCUT2D eigenvalue weighted by atomic mass is 10.1. The number of hydrogen-bond donors (Lipinski definition) is 2. The fourth-order valence-corrected chi connectivity index (χ4v) is 3.02. The van der Waals surface area contributed by atoms with Gasteiger partial charge in [-0.3, -0.25) is 4.79 Å². The first-order chi connectivity index (χ1) is 12.6. The maximum atomic E-state index is 13.5. The molecule has 2 N–H and O–H groups in total. The van der Waals surface area contributed by atoms with Crippen molar-refractivity contribution < 1.29 is 13.6 Å². The largest absolute Gasteiger partial charge is 0.444 e. The number of carbonyl (C=O) groups is 1. The van der Waals surface area contributed by atoms with Crippen molar-refractivity contribution in [3.63, 3.8) is 0 Å². The minimum absolute atomic E-state index is 0.161. The highest BCUT2D eigenvalue weighted by molar-refractivity contribution is 5.96. The number of amides is 1. The van der Waals surface area contributed by atoms with Crippen LogP contribution in [-0.4, -0.2) is 15.9 Å². The lowest BCUT2D eigenvalue weighted by Crippen LogP contribution is -2.14. The zero-order chi connectivity index (χ0) is 18.1. The van der Waals surface area contributed by atoms with Crippen molar-refractivity contribution in [3.05, 3.63) is 72.1 Å². The molecular weight excluding hydrogens is 333 g/mol. The number of aromatic nitrogens is 2. The number of benzene rings is 2. The van der Waals surface area contributed by atoms with Gasteiger partial charge in [0.15, 0.2) is 12.2 Å². The SMILES string of the molecule is Cc1[nH]c2ccc(F)cc2c1CC(=O)Nc1ccc(-c2cnco2)cc1. The van der Waals surface area contributed by atoms with Gasteiger partial charge in [0, 0.05) is 27.8 Å². The van der Waals surface area contributed by atoms with Crippen molar-refractivity contribution in [1.82, 2.24) is 9.97 Å². The summed E-state index contributed by atoms with van der Waals surface area (Å²) in [5.74, 6) is 0.186. The molecule has 0 radical (unpaired) electrons. The maximum Gasteiger partial charge on any atom is 0.228 e. The summed E-state index contributed by atoms with van der Waals surface area (Å²) in [6, 6.07) is 11.8. The van der Waals surface area contributed by atoms with Crippen LogP contribution in [0, 0.1) is 12.7 Å². The van der Waals surface area contributed by atoms with Gasteiger partial charge in [0.2, 0.25) is 5.91 Å². The molecule has 0 saturated heterocycles. The van der Waals surface area contributed by atoms with E-state index in [1.165, 1.54) is 18.5 Å². The van der Waals surface area contributed by atoms with Crippen LogP contribution in [0.5, 0.6) is 0 Å². The highest BCUT2D eigenvalue weighted by Crippen LogP contribution is 2.24. The first-order valence-corrected chi connectivity index (χ1v) is 8.15. The van der Waals surface area contributed by atoms with Crippen LogP contribution in [0.2, 0.25) is 0 Å². The smallest absolute Gasteiger partial charge is 0.228 e. The van der Waals surface area contributed by atoms with Gasteiger partial charge in [0.05, 0.1) is 12.6 Å². The van der Waals surface area contributed by atoms with Crippen LogP contribution < -0.4 is 5.32 Å². The molecule has 0 unspecified atom stereocenters. The fourth-order valence-electron chi connectivity index (χ4n) is 3.02. The number of H-pyrrole nitrogens is 1. The third-order valence-corrected chi connectivity index (χ3v) is 4.30. The molecule has 0 atom stereocenters. The molecule has 0 aliphatic rings. The first-order valence-electron chi connectivity index (χ1n) is 8.15. The summed E-state index contributed by atoms with van der Waals surface area (Å²) in [6.45, 7) is 1.88. The molecule has 0 spiro atoms. The predicted molar refractivity (Wildman–Crippen MR) is 97.3 cm³/mol. The molecule has 5 nitrogen and oxygen atoms in total. The van der Waals surface area contributed by atoms with Crippen LogP contribution in [0.1, 0.15) is 11.3 Å². The zero-order valence-electron chi connectivity index (χ0n) is 14.0. The number of halogens is 1. The van der Waals surface area contributed by atoms with Crippen molar-refractivity contribution in [3.8, 4) is 11.3 Å². The van der Waals surface area contributed by atoms with Crippen LogP contribution in [0.3, 0.4) is 0 Å². The zero-order valence-corrected chi connectivity index (χ0v) is 14.0. The van der Waals surface area contributed by atoms with Gasteiger partial charge in [-0.05, 0) is 55.0 Å². The normalized spacial score (nSPS) is 11.0. The minimum Gasteiger partial charge on any atom is -0.444 e. The summed E-state index contributed by atoms with van der Waals surface area (Å²) in [6.07, 6.45) is 3.17. The molecule has 1 amide bonds. The summed E-state index contributed by atoms with van der Waals surface area (Å²) in [5.41, 5.74) is 4.05. The standard InChI is InChI=1S/C20H16FN3O2/c1-12-16(17-8-14(21)4-7-18(17)23-12)9-20(25)24-15-5-2-13(3-6-15)19-10-22-11-26-19/h2-8,10-11,23H,9H2,1H3,(H,24,25). The van der Waals surface area contributed by atoms with Gasteiger partial charge >= 0.3 is 0 Å². The molecule has 0 bridgehead atoms. The summed E-state index contributed by atoms with van der Waals surface area (Å²) in [7, 11) is 0. The number of nitrogens with zero attached hydrogens (tertiary/aromatic N) is 1. The van der Waals surface area contributed by atoms with Crippen molar-refractivity contribution in [2.45, 2.75) is 13.3 Å². The van der Waals surface area contributed by atoms with E-state index in [1.54, 1.807) is 24.4 Å². The third-order valence-electron chi connectivity index (χ3n) is 4.30. The Kier molecular flexibility index (Phi) is 4.01. The fraction of sp³-hybridized carbons (Fsp3) is 0.100. The maximum absolute atomic E-state index is 13.5. The van der Waals surface area contributed by atoms with Gasteiger partial charge in [0.1, 0.15) is 5.82 Å². The average molecular weight is 349 g/mol. The molecule has 0 aliphatic carbocycles. The van der Waals surface area contributed by atoms with Gasteiger partial charge < -0.3 is 14.7 Å². The summed E-state index contributed by atoms with van der Waals surface area (Å²) >= 11 is 0. The Balaban J connectivity index is 1.51. The Labute approximate surface area is 148 Å².